The van der Waals surface area contributed by atoms with Gasteiger partial charge in [0, 0.05) is 10.0 Å². The summed E-state index contributed by atoms with van der Waals surface area (Å²) in [6, 6.07) is 24.0. The van der Waals surface area contributed by atoms with E-state index in [4.69, 9.17) is 0 Å². The molecule has 0 amide bonds. The SMILES string of the molecule is C/C(=C\C(=N/NS(=O)(=O)c1ccc(C)cc1)c1ccccc1)c1ccc(Br)cc1. The van der Waals surface area contributed by atoms with Gasteiger partial charge >= 0.3 is 0 Å². The smallest absolute Gasteiger partial charge is 0.200 e. The number of halogens is 1. The summed E-state index contributed by atoms with van der Waals surface area (Å²) in [5, 5.41) is 4.24. The topological polar surface area (TPSA) is 58.5 Å². The van der Waals surface area contributed by atoms with Crippen molar-refractivity contribution in [2.75, 3.05) is 0 Å². The van der Waals surface area contributed by atoms with Crippen LogP contribution in [0.2, 0.25) is 0 Å². The van der Waals surface area contributed by atoms with Crippen LogP contribution in [0.4, 0.5) is 0 Å². The van der Waals surface area contributed by atoms with Crippen molar-refractivity contribution in [1.82, 2.24) is 4.83 Å². The summed E-state index contributed by atoms with van der Waals surface area (Å²) >= 11 is 3.44. The first-order valence-corrected chi connectivity index (χ1v) is 11.3. The zero-order chi connectivity index (χ0) is 20.9. The van der Waals surface area contributed by atoms with Crippen LogP contribution in [0.15, 0.2) is 99.4 Å². The van der Waals surface area contributed by atoms with Crippen LogP contribution in [0, 0.1) is 6.92 Å². The number of aryl methyl sites for hydroxylation is 1. The van der Waals surface area contributed by atoms with Crippen molar-refractivity contribution in [2.45, 2.75) is 18.7 Å². The molecule has 0 bridgehead atoms. The summed E-state index contributed by atoms with van der Waals surface area (Å²) in [7, 11) is -3.76. The van der Waals surface area contributed by atoms with Crippen molar-refractivity contribution in [3.05, 3.63) is 106 Å². The van der Waals surface area contributed by atoms with E-state index in [1.165, 1.54) is 0 Å². The summed E-state index contributed by atoms with van der Waals surface area (Å²) in [4.78, 5) is 2.54. The Labute approximate surface area is 180 Å². The van der Waals surface area contributed by atoms with Crippen LogP contribution in [0.25, 0.3) is 5.57 Å². The van der Waals surface area contributed by atoms with Crippen LogP contribution in [0.5, 0.6) is 0 Å². The molecule has 3 aromatic carbocycles. The Morgan fingerprint density at radius 1 is 0.897 bits per heavy atom. The lowest BCUT2D eigenvalue weighted by molar-refractivity contribution is 0.584. The molecule has 0 unspecified atom stereocenters. The minimum atomic E-state index is -3.76. The quantitative estimate of drug-likeness (QED) is 0.381. The molecular formula is C23H21BrN2O2S. The summed E-state index contributed by atoms with van der Waals surface area (Å²) < 4.78 is 26.3. The Morgan fingerprint density at radius 3 is 2.14 bits per heavy atom. The lowest BCUT2D eigenvalue weighted by Gasteiger charge is -2.08. The van der Waals surface area contributed by atoms with Crippen molar-refractivity contribution in [2.24, 2.45) is 5.10 Å². The average molecular weight is 469 g/mol. The Balaban J connectivity index is 1.96. The maximum atomic E-state index is 12.6. The molecule has 0 saturated carbocycles. The van der Waals surface area contributed by atoms with Gasteiger partial charge < -0.3 is 0 Å². The molecule has 0 aliphatic carbocycles. The molecule has 0 aliphatic heterocycles. The number of benzene rings is 3. The maximum Gasteiger partial charge on any atom is 0.276 e. The molecule has 0 fully saturated rings. The van der Waals surface area contributed by atoms with Crippen molar-refractivity contribution < 1.29 is 8.42 Å². The highest BCUT2D eigenvalue weighted by atomic mass is 79.9. The number of allylic oxidation sites excluding steroid dienone is 2. The molecule has 0 saturated heterocycles. The third-order valence-electron chi connectivity index (χ3n) is 4.34. The highest BCUT2D eigenvalue weighted by Crippen LogP contribution is 2.19. The summed E-state index contributed by atoms with van der Waals surface area (Å²) in [6.45, 7) is 3.88. The number of hydrazone groups is 1. The molecule has 0 spiro atoms. The Kier molecular flexibility index (Phi) is 6.67. The first-order valence-electron chi connectivity index (χ1n) is 9.01. The van der Waals surface area contributed by atoms with Gasteiger partial charge in [-0.05, 0) is 55.3 Å². The van der Waals surface area contributed by atoms with Crippen molar-refractivity contribution in [3.63, 3.8) is 0 Å². The number of nitrogens with one attached hydrogen (secondary N) is 1. The molecule has 29 heavy (non-hydrogen) atoms. The highest BCUT2D eigenvalue weighted by molar-refractivity contribution is 9.10. The van der Waals surface area contributed by atoms with Crippen LogP contribution in [0.3, 0.4) is 0 Å². The predicted molar refractivity (Wildman–Crippen MR) is 122 cm³/mol. The van der Waals surface area contributed by atoms with Gasteiger partial charge in [0.2, 0.25) is 0 Å². The lowest BCUT2D eigenvalue weighted by Crippen LogP contribution is -2.20. The largest absolute Gasteiger partial charge is 0.276 e. The average Bonchev–Trinajstić information content (AvgIpc) is 2.72. The third kappa shape index (κ3) is 5.65. The second-order valence-electron chi connectivity index (χ2n) is 6.61. The van der Waals surface area contributed by atoms with Gasteiger partial charge in [-0.15, -0.1) is 0 Å². The minimum Gasteiger partial charge on any atom is -0.200 e. The molecule has 4 nitrogen and oxygen atoms in total. The summed E-state index contributed by atoms with van der Waals surface area (Å²) in [5.74, 6) is 0. The van der Waals surface area contributed by atoms with E-state index < -0.39 is 10.0 Å². The lowest BCUT2D eigenvalue weighted by atomic mass is 10.0. The molecule has 0 heterocycles. The van der Waals surface area contributed by atoms with Crippen LogP contribution in [0.1, 0.15) is 23.6 Å². The van der Waals surface area contributed by atoms with E-state index in [9.17, 15) is 8.42 Å². The van der Waals surface area contributed by atoms with E-state index in [2.05, 4.69) is 25.9 Å². The number of nitrogens with zero attached hydrogens (tertiary/aromatic N) is 1. The van der Waals surface area contributed by atoms with Crippen molar-refractivity contribution in [3.8, 4) is 0 Å². The Bertz CT molecular complexity index is 1140. The maximum absolute atomic E-state index is 12.6. The first kappa shape index (κ1) is 21.0. The fourth-order valence-corrected chi connectivity index (χ4v) is 3.75. The molecule has 0 atom stereocenters. The second kappa shape index (κ2) is 9.20. The number of rotatable bonds is 6. The monoisotopic (exact) mass is 468 g/mol. The molecule has 3 rings (SSSR count). The second-order valence-corrected chi connectivity index (χ2v) is 9.18. The van der Waals surface area contributed by atoms with E-state index in [1.54, 1.807) is 24.3 Å². The van der Waals surface area contributed by atoms with Crippen LogP contribution in [-0.4, -0.2) is 14.1 Å². The van der Waals surface area contributed by atoms with E-state index in [-0.39, 0.29) is 4.90 Å². The van der Waals surface area contributed by atoms with Crippen LogP contribution >= 0.6 is 15.9 Å². The van der Waals surface area contributed by atoms with Crippen molar-refractivity contribution >= 4 is 37.2 Å². The van der Waals surface area contributed by atoms with Gasteiger partial charge in [-0.2, -0.15) is 18.4 Å². The molecule has 1 N–H and O–H groups in total. The standard InChI is InChI=1S/C23H21BrN2O2S/c1-17-8-14-22(15-9-17)29(27,28)26-25-23(20-6-4-3-5-7-20)16-18(2)19-10-12-21(24)13-11-19/h3-16,26H,1-2H3/b18-16+,25-23+. The van der Waals surface area contributed by atoms with Gasteiger partial charge in [-0.3, -0.25) is 0 Å². The Morgan fingerprint density at radius 2 is 1.52 bits per heavy atom. The number of sulfonamides is 1. The molecule has 0 radical (unpaired) electrons. The number of hydrogen-bond acceptors (Lipinski definition) is 3. The summed E-state index contributed by atoms with van der Waals surface area (Å²) in [6.07, 6.45) is 1.87. The third-order valence-corrected chi connectivity index (χ3v) is 6.09. The van der Waals surface area contributed by atoms with E-state index in [0.717, 1.165) is 26.7 Å². The normalized spacial score (nSPS) is 12.7. The molecular weight excluding hydrogens is 448 g/mol. The van der Waals surface area contributed by atoms with Crippen molar-refractivity contribution in [1.29, 1.82) is 0 Å². The van der Waals surface area contributed by atoms with Gasteiger partial charge in [-0.1, -0.05) is 76.1 Å². The van der Waals surface area contributed by atoms with E-state index >= 15 is 0 Å². The molecule has 0 aromatic heterocycles. The van der Waals surface area contributed by atoms with Gasteiger partial charge in [0.1, 0.15) is 0 Å². The zero-order valence-corrected chi connectivity index (χ0v) is 18.5. The zero-order valence-electron chi connectivity index (χ0n) is 16.1. The molecule has 6 heteroatoms. The van der Waals surface area contributed by atoms with E-state index in [0.29, 0.717) is 5.71 Å². The fraction of sp³-hybridized carbons (Fsp3) is 0.0870. The molecule has 0 aliphatic rings. The van der Waals surface area contributed by atoms with Gasteiger partial charge in [0.25, 0.3) is 10.0 Å². The van der Waals surface area contributed by atoms with Crippen LogP contribution in [-0.2, 0) is 10.0 Å². The van der Waals surface area contributed by atoms with Gasteiger partial charge in [0.05, 0.1) is 10.6 Å². The summed E-state index contributed by atoms with van der Waals surface area (Å²) in [5.41, 5.74) is 4.33. The van der Waals surface area contributed by atoms with Gasteiger partial charge in [-0.25, -0.2) is 0 Å². The minimum absolute atomic E-state index is 0.174. The van der Waals surface area contributed by atoms with Crippen LogP contribution < -0.4 is 4.83 Å². The predicted octanol–water partition coefficient (Wildman–Crippen LogP) is 5.54. The van der Waals surface area contributed by atoms with Gasteiger partial charge in [0.15, 0.2) is 0 Å². The first-order chi connectivity index (χ1) is 13.8. The molecule has 148 valence electrons. The van der Waals surface area contributed by atoms with E-state index in [1.807, 2.05) is 74.5 Å². The molecule has 3 aromatic rings. The Hall–Kier alpha value is -2.70. The number of hydrogen-bond donors (Lipinski definition) is 1. The highest BCUT2D eigenvalue weighted by Gasteiger charge is 2.13. The fourth-order valence-electron chi connectivity index (χ4n) is 2.67.